The monoisotopic (exact) mass is 144 g/mol. The van der Waals surface area contributed by atoms with Crippen LogP contribution in [-0.4, -0.2) is 41.8 Å². The highest BCUT2D eigenvalue weighted by atomic mass is 16.3. The van der Waals surface area contributed by atoms with Gasteiger partial charge in [0.2, 0.25) is 0 Å². The minimum Gasteiger partial charge on any atom is -0.387 e. The van der Waals surface area contributed by atoms with Crippen molar-refractivity contribution in [3.8, 4) is 0 Å². The SMILES string of the molecule is CC(N)C1(O)CCN(C)C1. The van der Waals surface area contributed by atoms with Crippen LogP contribution in [0.3, 0.4) is 0 Å². The lowest BCUT2D eigenvalue weighted by Gasteiger charge is -2.26. The highest BCUT2D eigenvalue weighted by Gasteiger charge is 2.37. The normalized spacial score (nSPS) is 38.4. The molecule has 1 fully saturated rings. The van der Waals surface area contributed by atoms with Crippen molar-refractivity contribution >= 4 is 0 Å². The van der Waals surface area contributed by atoms with E-state index in [1.807, 2.05) is 14.0 Å². The first kappa shape index (κ1) is 7.98. The molecule has 1 aliphatic rings. The van der Waals surface area contributed by atoms with E-state index < -0.39 is 5.60 Å². The average Bonchev–Trinajstić information content (AvgIpc) is 2.13. The lowest BCUT2D eigenvalue weighted by molar-refractivity contribution is 0.0312. The van der Waals surface area contributed by atoms with Crippen LogP contribution in [0.1, 0.15) is 13.3 Å². The van der Waals surface area contributed by atoms with E-state index in [0.29, 0.717) is 6.54 Å². The number of β-amino-alcohol motifs (C(OH)–C–C–N with tert-alkyl or cyclic N) is 1. The fourth-order valence-corrected chi connectivity index (χ4v) is 1.38. The van der Waals surface area contributed by atoms with Gasteiger partial charge in [0.05, 0.1) is 5.60 Å². The zero-order valence-corrected chi connectivity index (χ0v) is 6.67. The van der Waals surface area contributed by atoms with Gasteiger partial charge in [0, 0.05) is 19.1 Å². The maximum atomic E-state index is 9.77. The van der Waals surface area contributed by atoms with Gasteiger partial charge in [-0.15, -0.1) is 0 Å². The molecule has 0 saturated carbocycles. The predicted molar refractivity (Wildman–Crippen MR) is 40.7 cm³/mol. The molecule has 0 spiro atoms. The molecule has 2 unspecified atom stereocenters. The van der Waals surface area contributed by atoms with Gasteiger partial charge in [-0.25, -0.2) is 0 Å². The van der Waals surface area contributed by atoms with Crippen LogP contribution in [0.4, 0.5) is 0 Å². The fraction of sp³-hybridized carbons (Fsp3) is 1.00. The minimum absolute atomic E-state index is 0.113. The van der Waals surface area contributed by atoms with Crippen LogP contribution in [0, 0.1) is 0 Å². The summed E-state index contributed by atoms with van der Waals surface area (Å²) in [7, 11) is 2.00. The number of hydrogen-bond acceptors (Lipinski definition) is 3. The maximum Gasteiger partial charge on any atom is 0.0933 e. The number of nitrogens with two attached hydrogens (primary N) is 1. The van der Waals surface area contributed by atoms with Gasteiger partial charge in [-0.1, -0.05) is 0 Å². The number of likely N-dealkylation sites (N-methyl/N-ethyl adjacent to an activating group) is 1. The van der Waals surface area contributed by atoms with Crippen molar-refractivity contribution in [3.05, 3.63) is 0 Å². The molecule has 3 heteroatoms. The summed E-state index contributed by atoms with van der Waals surface area (Å²) >= 11 is 0. The second-order valence-electron chi connectivity index (χ2n) is 3.38. The Bertz CT molecular complexity index is 127. The van der Waals surface area contributed by atoms with E-state index in [1.54, 1.807) is 0 Å². The molecule has 60 valence electrons. The summed E-state index contributed by atoms with van der Waals surface area (Å²) in [6.45, 7) is 3.53. The topological polar surface area (TPSA) is 49.5 Å². The molecule has 10 heavy (non-hydrogen) atoms. The molecule has 0 aromatic rings. The highest BCUT2D eigenvalue weighted by molar-refractivity contribution is 4.94. The molecule has 0 aromatic heterocycles. The molecule has 1 saturated heterocycles. The summed E-state index contributed by atoms with van der Waals surface area (Å²) in [6.07, 6.45) is 0.807. The van der Waals surface area contributed by atoms with Gasteiger partial charge in [-0.2, -0.15) is 0 Å². The van der Waals surface area contributed by atoms with Crippen LogP contribution in [0.2, 0.25) is 0 Å². The molecule has 3 nitrogen and oxygen atoms in total. The summed E-state index contributed by atoms with van der Waals surface area (Å²) in [6, 6.07) is -0.113. The van der Waals surface area contributed by atoms with Gasteiger partial charge in [0.1, 0.15) is 0 Å². The number of nitrogens with zero attached hydrogens (tertiary/aromatic N) is 1. The first-order valence-corrected chi connectivity index (χ1v) is 3.71. The number of hydrogen-bond donors (Lipinski definition) is 2. The third-order valence-corrected chi connectivity index (χ3v) is 2.32. The smallest absolute Gasteiger partial charge is 0.0933 e. The van der Waals surface area contributed by atoms with Crippen LogP contribution in [0.25, 0.3) is 0 Å². The van der Waals surface area contributed by atoms with Crippen molar-refractivity contribution in [1.82, 2.24) is 4.90 Å². The maximum absolute atomic E-state index is 9.77. The molecule has 0 aliphatic carbocycles. The Hall–Kier alpha value is -0.120. The van der Waals surface area contributed by atoms with Crippen LogP contribution in [0.5, 0.6) is 0 Å². The van der Waals surface area contributed by atoms with E-state index >= 15 is 0 Å². The van der Waals surface area contributed by atoms with E-state index in [2.05, 4.69) is 4.90 Å². The summed E-state index contributed by atoms with van der Waals surface area (Å²) in [5.41, 5.74) is 4.99. The van der Waals surface area contributed by atoms with Gasteiger partial charge in [0.15, 0.2) is 0 Å². The highest BCUT2D eigenvalue weighted by Crippen LogP contribution is 2.21. The molecule has 1 aliphatic heterocycles. The second-order valence-corrected chi connectivity index (χ2v) is 3.38. The summed E-state index contributed by atoms with van der Waals surface area (Å²) in [4.78, 5) is 2.10. The molecular formula is C7H16N2O. The first-order chi connectivity index (χ1) is 4.54. The average molecular weight is 144 g/mol. The number of rotatable bonds is 1. The molecule has 1 heterocycles. The Labute approximate surface area is 61.8 Å². The summed E-state index contributed by atoms with van der Waals surface area (Å²) < 4.78 is 0. The van der Waals surface area contributed by atoms with Crippen molar-refractivity contribution in [2.75, 3.05) is 20.1 Å². The van der Waals surface area contributed by atoms with Gasteiger partial charge in [-0.3, -0.25) is 0 Å². The zero-order chi connectivity index (χ0) is 7.78. The predicted octanol–water partition coefficient (Wildman–Crippen LogP) is -0.600. The van der Waals surface area contributed by atoms with Crippen molar-refractivity contribution < 1.29 is 5.11 Å². The van der Waals surface area contributed by atoms with Crippen molar-refractivity contribution in [3.63, 3.8) is 0 Å². The lowest BCUT2D eigenvalue weighted by atomic mass is 9.96. The first-order valence-electron chi connectivity index (χ1n) is 3.71. The van der Waals surface area contributed by atoms with Gasteiger partial charge in [-0.05, 0) is 20.4 Å². The second kappa shape index (κ2) is 2.49. The van der Waals surface area contributed by atoms with Crippen LogP contribution < -0.4 is 5.73 Å². The Balaban J connectivity index is 2.54. The van der Waals surface area contributed by atoms with Crippen LogP contribution >= 0.6 is 0 Å². The fourth-order valence-electron chi connectivity index (χ4n) is 1.38. The van der Waals surface area contributed by atoms with E-state index in [9.17, 15) is 5.11 Å². The molecule has 0 amide bonds. The molecule has 1 rings (SSSR count). The van der Waals surface area contributed by atoms with Crippen molar-refractivity contribution in [1.29, 1.82) is 0 Å². The van der Waals surface area contributed by atoms with Gasteiger partial charge in [0.25, 0.3) is 0 Å². The third kappa shape index (κ3) is 1.31. The number of likely N-dealkylation sites (tertiary alicyclic amines) is 1. The number of aliphatic hydroxyl groups is 1. The summed E-state index contributed by atoms with van der Waals surface area (Å²) in [5.74, 6) is 0. The van der Waals surface area contributed by atoms with E-state index in [1.165, 1.54) is 0 Å². The Morgan fingerprint density at radius 3 is 2.50 bits per heavy atom. The quantitative estimate of drug-likeness (QED) is 0.516. The van der Waals surface area contributed by atoms with Gasteiger partial charge >= 0.3 is 0 Å². The summed E-state index contributed by atoms with van der Waals surface area (Å²) in [5, 5.41) is 9.77. The molecular weight excluding hydrogens is 128 g/mol. The Morgan fingerprint density at radius 1 is 1.70 bits per heavy atom. The zero-order valence-electron chi connectivity index (χ0n) is 6.67. The lowest BCUT2D eigenvalue weighted by Crippen LogP contribution is -2.47. The minimum atomic E-state index is -0.630. The molecule has 0 radical (unpaired) electrons. The van der Waals surface area contributed by atoms with Gasteiger partial charge < -0.3 is 15.7 Å². The van der Waals surface area contributed by atoms with Crippen LogP contribution in [-0.2, 0) is 0 Å². The standard InChI is InChI=1S/C7H16N2O/c1-6(8)7(10)3-4-9(2)5-7/h6,10H,3-5,8H2,1-2H3. The Morgan fingerprint density at radius 2 is 2.30 bits per heavy atom. The molecule has 3 N–H and O–H groups in total. The van der Waals surface area contributed by atoms with E-state index in [0.717, 1.165) is 13.0 Å². The largest absolute Gasteiger partial charge is 0.387 e. The van der Waals surface area contributed by atoms with Crippen molar-refractivity contribution in [2.24, 2.45) is 5.73 Å². The molecule has 0 aromatic carbocycles. The van der Waals surface area contributed by atoms with Crippen LogP contribution in [0.15, 0.2) is 0 Å². The van der Waals surface area contributed by atoms with Crippen molar-refractivity contribution in [2.45, 2.75) is 25.0 Å². The van der Waals surface area contributed by atoms with E-state index in [4.69, 9.17) is 5.73 Å². The molecule has 2 atom stereocenters. The third-order valence-electron chi connectivity index (χ3n) is 2.32. The molecule has 0 bridgehead atoms. The Kier molecular flexibility index (Phi) is 1.99. The van der Waals surface area contributed by atoms with E-state index in [-0.39, 0.29) is 6.04 Å².